The predicted octanol–water partition coefficient (Wildman–Crippen LogP) is 3.77. The lowest BCUT2D eigenvalue weighted by Crippen LogP contribution is -2.12. The van der Waals surface area contributed by atoms with Gasteiger partial charge in [-0.1, -0.05) is 35.9 Å². The normalized spacial score (nSPS) is 13.0. The Morgan fingerprint density at radius 3 is 2.67 bits per heavy atom. The molecule has 2 heteroatoms. The first-order valence-corrected chi connectivity index (χ1v) is 5.45. The van der Waals surface area contributed by atoms with Crippen molar-refractivity contribution in [1.29, 1.82) is 0 Å². The van der Waals surface area contributed by atoms with Crippen LogP contribution in [0, 0.1) is 0 Å². The molecule has 1 N–H and O–H groups in total. The average molecular weight is 220 g/mol. The molecule has 1 atom stereocenters. The van der Waals surface area contributed by atoms with E-state index in [0.717, 1.165) is 5.02 Å². The van der Waals surface area contributed by atoms with E-state index in [-0.39, 0.29) is 0 Å². The monoisotopic (exact) mass is 219 g/mol. The van der Waals surface area contributed by atoms with Crippen molar-refractivity contribution >= 4 is 22.4 Å². The minimum absolute atomic E-state index is 0.314. The van der Waals surface area contributed by atoms with E-state index < -0.39 is 0 Å². The third-order valence-electron chi connectivity index (χ3n) is 2.76. The van der Waals surface area contributed by atoms with Crippen molar-refractivity contribution in [2.75, 3.05) is 7.05 Å². The van der Waals surface area contributed by atoms with Gasteiger partial charge < -0.3 is 5.32 Å². The maximum atomic E-state index is 6.10. The molecule has 15 heavy (non-hydrogen) atoms. The summed E-state index contributed by atoms with van der Waals surface area (Å²) in [4.78, 5) is 0. The SMILES string of the molecule is CNC(C)c1cc(Cl)cc2ccccc12. The van der Waals surface area contributed by atoms with E-state index >= 15 is 0 Å². The van der Waals surface area contributed by atoms with E-state index in [0.29, 0.717) is 6.04 Å². The Morgan fingerprint density at radius 1 is 1.20 bits per heavy atom. The maximum Gasteiger partial charge on any atom is 0.0415 e. The summed E-state index contributed by atoms with van der Waals surface area (Å²) in [5.41, 5.74) is 1.25. The van der Waals surface area contributed by atoms with Gasteiger partial charge in [0, 0.05) is 11.1 Å². The minimum atomic E-state index is 0.314. The summed E-state index contributed by atoms with van der Waals surface area (Å²) in [6.07, 6.45) is 0. The molecule has 2 aromatic rings. The van der Waals surface area contributed by atoms with Crippen LogP contribution in [0.15, 0.2) is 36.4 Å². The van der Waals surface area contributed by atoms with Crippen molar-refractivity contribution < 1.29 is 0 Å². The van der Waals surface area contributed by atoms with Crippen molar-refractivity contribution in [3.8, 4) is 0 Å². The number of hydrogen-bond acceptors (Lipinski definition) is 1. The second kappa shape index (κ2) is 4.21. The molecule has 1 unspecified atom stereocenters. The Balaban J connectivity index is 2.71. The molecule has 0 fully saturated rings. The second-order valence-electron chi connectivity index (χ2n) is 3.73. The van der Waals surface area contributed by atoms with Crippen LogP contribution < -0.4 is 5.32 Å². The van der Waals surface area contributed by atoms with Gasteiger partial charge in [-0.2, -0.15) is 0 Å². The first kappa shape index (κ1) is 10.5. The van der Waals surface area contributed by atoms with Crippen LogP contribution in [-0.4, -0.2) is 7.05 Å². The summed E-state index contributed by atoms with van der Waals surface area (Å²) in [6.45, 7) is 2.14. The lowest BCUT2D eigenvalue weighted by molar-refractivity contribution is 0.657. The Bertz CT molecular complexity index is 479. The summed E-state index contributed by atoms with van der Waals surface area (Å²) in [5.74, 6) is 0. The molecule has 0 radical (unpaired) electrons. The minimum Gasteiger partial charge on any atom is -0.313 e. The Kier molecular flexibility index (Phi) is 2.94. The van der Waals surface area contributed by atoms with Crippen LogP contribution in [0.2, 0.25) is 5.02 Å². The van der Waals surface area contributed by atoms with Crippen LogP contribution in [0.3, 0.4) is 0 Å². The van der Waals surface area contributed by atoms with Crippen LogP contribution in [-0.2, 0) is 0 Å². The lowest BCUT2D eigenvalue weighted by atomic mass is 10.00. The number of halogens is 1. The van der Waals surface area contributed by atoms with Crippen LogP contribution in [0.25, 0.3) is 10.8 Å². The molecule has 0 saturated carbocycles. The number of rotatable bonds is 2. The van der Waals surface area contributed by atoms with Crippen molar-refractivity contribution in [3.63, 3.8) is 0 Å². The first-order valence-electron chi connectivity index (χ1n) is 5.08. The zero-order valence-electron chi connectivity index (χ0n) is 8.92. The Morgan fingerprint density at radius 2 is 1.93 bits per heavy atom. The molecule has 78 valence electrons. The van der Waals surface area contributed by atoms with Gasteiger partial charge in [0.05, 0.1) is 0 Å². The smallest absolute Gasteiger partial charge is 0.0415 e. The summed E-state index contributed by atoms with van der Waals surface area (Å²) in [6, 6.07) is 12.7. The molecule has 2 rings (SSSR count). The van der Waals surface area contributed by atoms with E-state index in [2.05, 4.69) is 30.4 Å². The Labute approximate surface area is 95.1 Å². The van der Waals surface area contributed by atoms with Gasteiger partial charge in [-0.15, -0.1) is 0 Å². The number of fused-ring (bicyclic) bond motifs is 1. The highest BCUT2D eigenvalue weighted by Gasteiger charge is 2.08. The highest BCUT2D eigenvalue weighted by molar-refractivity contribution is 6.31. The quantitative estimate of drug-likeness (QED) is 0.811. The first-order chi connectivity index (χ1) is 7.22. The molecule has 0 aliphatic carbocycles. The van der Waals surface area contributed by atoms with E-state index in [1.54, 1.807) is 0 Å². The molecule has 0 amide bonds. The molecule has 0 heterocycles. The van der Waals surface area contributed by atoms with Gasteiger partial charge in [-0.3, -0.25) is 0 Å². The van der Waals surface area contributed by atoms with Crippen molar-refractivity contribution in [1.82, 2.24) is 5.32 Å². The summed E-state index contributed by atoms with van der Waals surface area (Å²) < 4.78 is 0. The fourth-order valence-corrected chi connectivity index (χ4v) is 2.05. The van der Waals surface area contributed by atoms with E-state index in [1.807, 2.05) is 25.2 Å². The van der Waals surface area contributed by atoms with Crippen molar-refractivity contribution in [2.24, 2.45) is 0 Å². The van der Waals surface area contributed by atoms with Gasteiger partial charge in [0.25, 0.3) is 0 Å². The second-order valence-corrected chi connectivity index (χ2v) is 4.16. The Hall–Kier alpha value is -1.05. The molecule has 0 spiro atoms. The number of benzene rings is 2. The van der Waals surface area contributed by atoms with Crippen LogP contribution in [0.4, 0.5) is 0 Å². The summed E-state index contributed by atoms with van der Waals surface area (Å²) >= 11 is 6.10. The lowest BCUT2D eigenvalue weighted by Gasteiger charge is -2.14. The van der Waals surface area contributed by atoms with E-state index in [4.69, 9.17) is 11.6 Å². The van der Waals surface area contributed by atoms with Crippen molar-refractivity contribution in [3.05, 3.63) is 47.0 Å². The van der Waals surface area contributed by atoms with Gasteiger partial charge in [0.1, 0.15) is 0 Å². The molecular weight excluding hydrogens is 206 g/mol. The van der Waals surface area contributed by atoms with Gasteiger partial charge in [0.2, 0.25) is 0 Å². The molecule has 0 bridgehead atoms. The predicted molar refractivity (Wildman–Crippen MR) is 66.4 cm³/mol. The van der Waals surface area contributed by atoms with E-state index in [9.17, 15) is 0 Å². The zero-order chi connectivity index (χ0) is 10.8. The summed E-state index contributed by atoms with van der Waals surface area (Å²) in [5, 5.41) is 6.50. The maximum absolute atomic E-state index is 6.10. The standard InChI is InChI=1S/C13H14ClN/c1-9(15-2)13-8-11(14)7-10-5-3-4-6-12(10)13/h3-9,15H,1-2H3. The number of nitrogens with one attached hydrogen (secondary N) is 1. The van der Waals surface area contributed by atoms with Crippen LogP contribution in [0.1, 0.15) is 18.5 Å². The van der Waals surface area contributed by atoms with Crippen LogP contribution >= 0.6 is 11.6 Å². The highest BCUT2D eigenvalue weighted by Crippen LogP contribution is 2.27. The third kappa shape index (κ3) is 1.99. The molecule has 0 aliphatic rings. The fraction of sp³-hybridized carbons (Fsp3) is 0.231. The van der Waals surface area contributed by atoms with Gasteiger partial charge >= 0.3 is 0 Å². The van der Waals surface area contributed by atoms with Gasteiger partial charge in [-0.25, -0.2) is 0 Å². The zero-order valence-corrected chi connectivity index (χ0v) is 9.68. The molecule has 0 aliphatic heterocycles. The highest BCUT2D eigenvalue weighted by atomic mass is 35.5. The topological polar surface area (TPSA) is 12.0 Å². The molecular formula is C13H14ClN. The summed E-state index contributed by atoms with van der Waals surface area (Å²) in [7, 11) is 1.96. The number of hydrogen-bond donors (Lipinski definition) is 1. The van der Waals surface area contributed by atoms with Crippen LogP contribution in [0.5, 0.6) is 0 Å². The van der Waals surface area contributed by atoms with E-state index in [1.165, 1.54) is 16.3 Å². The third-order valence-corrected chi connectivity index (χ3v) is 2.98. The van der Waals surface area contributed by atoms with Gasteiger partial charge in [0.15, 0.2) is 0 Å². The van der Waals surface area contributed by atoms with Gasteiger partial charge in [-0.05, 0) is 42.4 Å². The largest absolute Gasteiger partial charge is 0.313 e. The fourth-order valence-electron chi connectivity index (χ4n) is 1.82. The molecule has 1 nitrogen and oxygen atoms in total. The van der Waals surface area contributed by atoms with Crippen molar-refractivity contribution in [2.45, 2.75) is 13.0 Å². The molecule has 0 aromatic heterocycles. The average Bonchev–Trinajstić information content (AvgIpc) is 2.26. The molecule has 2 aromatic carbocycles. The molecule has 0 saturated heterocycles.